The van der Waals surface area contributed by atoms with Crippen LogP contribution >= 0.6 is 0 Å². The normalized spacial score (nSPS) is 14.1. The molecule has 0 bridgehead atoms. The average molecular weight is 445 g/mol. The highest BCUT2D eigenvalue weighted by molar-refractivity contribution is 5.92. The molecule has 0 radical (unpaired) electrons. The molecule has 3 aromatic rings. The van der Waals surface area contributed by atoms with Crippen LogP contribution < -0.4 is 15.0 Å². The first kappa shape index (κ1) is 22.8. The smallest absolute Gasteiger partial charge is 0.262 e. The van der Waals surface area contributed by atoms with E-state index in [4.69, 9.17) is 4.74 Å². The summed E-state index contributed by atoms with van der Waals surface area (Å²) in [4.78, 5) is 14.6. The molecule has 0 atom stereocenters. The van der Waals surface area contributed by atoms with Crippen LogP contribution in [-0.4, -0.2) is 35.8 Å². The highest BCUT2D eigenvalue weighted by atomic mass is 16.5. The van der Waals surface area contributed by atoms with Gasteiger partial charge in [-0.25, -0.2) is 0 Å². The minimum Gasteiger partial charge on any atom is -0.484 e. The molecule has 0 saturated carbocycles. The molecule has 172 valence electrons. The lowest BCUT2D eigenvalue weighted by Gasteiger charge is -2.20. The van der Waals surface area contributed by atoms with Gasteiger partial charge in [0, 0.05) is 24.3 Å². The van der Waals surface area contributed by atoms with Crippen molar-refractivity contribution < 1.29 is 9.53 Å². The van der Waals surface area contributed by atoms with Crippen molar-refractivity contribution in [3.63, 3.8) is 0 Å². The first-order chi connectivity index (χ1) is 16.1. The largest absolute Gasteiger partial charge is 0.484 e. The molecular formula is C27H32N4O2. The van der Waals surface area contributed by atoms with Gasteiger partial charge in [-0.3, -0.25) is 4.79 Å². The second-order valence-electron chi connectivity index (χ2n) is 8.82. The Kier molecular flexibility index (Phi) is 7.55. The number of carbonyl (C=O) groups excluding carboxylic acids is 1. The number of anilines is 2. The number of aromatic nitrogens is 2. The standard InChI is InChI=1S/C27H32N4O2/c1-20(2)21-9-13-24(14-10-21)33-19-27(32)28-23-11-7-22(8-12-23)25-15-16-26(30-29-25)31-17-5-3-4-6-18-31/h7-16,20H,3-6,17-19H2,1-2H3,(H,28,32). The zero-order valence-electron chi connectivity index (χ0n) is 19.5. The molecule has 1 saturated heterocycles. The van der Waals surface area contributed by atoms with Gasteiger partial charge in [0.05, 0.1) is 5.69 Å². The van der Waals surface area contributed by atoms with E-state index in [2.05, 4.69) is 34.3 Å². The highest BCUT2D eigenvalue weighted by Gasteiger charge is 2.12. The van der Waals surface area contributed by atoms with Gasteiger partial charge in [-0.15, -0.1) is 10.2 Å². The van der Waals surface area contributed by atoms with Crippen LogP contribution in [0.15, 0.2) is 60.7 Å². The van der Waals surface area contributed by atoms with Crippen molar-refractivity contribution in [1.82, 2.24) is 10.2 Å². The Morgan fingerprint density at radius 3 is 2.21 bits per heavy atom. The van der Waals surface area contributed by atoms with E-state index in [1.54, 1.807) is 0 Å². The van der Waals surface area contributed by atoms with Gasteiger partial charge in [0.25, 0.3) is 5.91 Å². The lowest BCUT2D eigenvalue weighted by Crippen LogP contribution is -2.25. The summed E-state index contributed by atoms with van der Waals surface area (Å²) >= 11 is 0. The third kappa shape index (κ3) is 6.31. The van der Waals surface area contributed by atoms with Gasteiger partial charge in [0.15, 0.2) is 12.4 Å². The van der Waals surface area contributed by atoms with E-state index in [1.807, 2.05) is 60.7 Å². The first-order valence-corrected chi connectivity index (χ1v) is 11.8. The van der Waals surface area contributed by atoms with E-state index in [1.165, 1.54) is 31.2 Å². The topological polar surface area (TPSA) is 67.3 Å². The Morgan fingerprint density at radius 1 is 0.909 bits per heavy atom. The molecule has 0 spiro atoms. The van der Waals surface area contributed by atoms with Crippen molar-refractivity contribution in [2.24, 2.45) is 0 Å². The predicted octanol–water partition coefficient (Wildman–Crippen LogP) is 5.66. The number of nitrogens with zero attached hydrogens (tertiary/aromatic N) is 3. The minimum absolute atomic E-state index is 0.0355. The number of hydrogen-bond donors (Lipinski definition) is 1. The van der Waals surface area contributed by atoms with Gasteiger partial charge in [0.2, 0.25) is 0 Å². The molecule has 33 heavy (non-hydrogen) atoms. The van der Waals surface area contributed by atoms with Crippen molar-refractivity contribution in [1.29, 1.82) is 0 Å². The van der Waals surface area contributed by atoms with E-state index in [9.17, 15) is 4.79 Å². The molecule has 4 rings (SSSR count). The number of hydrogen-bond acceptors (Lipinski definition) is 5. The summed E-state index contributed by atoms with van der Waals surface area (Å²) in [5.74, 6) is 1.90. The molecule has 0 aliphatic carbocycles. The van der Waals surface area contributed by atoms with Gasteiger partial charge in [0.1, 0.15) is 5.75 Å². The second kappa shape index (κ2) is 10.9. The van der Waals surface area contributed by atoms with Crippen molar-refractivity contribution in [3.05, 3.63) is 66.2 Å². The predicted molar refractivity (Wildman–Crippen MR) is 133 cm³/mol. The molecule has 1 N–H and O–H groups in total. The van der Waals surface area contributed by atoms with Crippen LogP contribution in [0.5, 0.6) is 5.75 Å². The Balaban J connectivity index is 1.30. The number of carbonyl (C=O) groups is 1. The zero-order chi connectivity index (χ0) is 23.0. The fraction of sp³-hybridized carbons (Fsp3) is 0.370. The Bertz CT molecular complexity index is 1020. The summed E-state index contributed by atoms with van der Waals surface area (Å²) < 4.78 is 5.60. The maximum atomic E-state index is 12.3. The monoisotopic (exact) mass is 444 g/mol. The molecule has 1 aromatic heterocycles. The fourth-order valence-electron chi connectivity index (χ4n) is 3.97. The third-order valence-electron chi connectivity index (χ3n) is 5.96. The molecular weight excluding hydrogens is 412 g/mol. The first-order valence-electron chi connectivity index (χ1n) is 11.8. The lowest BCUT2D eigenvalue weighted by molar-refractivity contribution is -0.118. The maximum absolute atomic E-state index is 12.3. The van der Waals surface area contributed by atoms with Crippen LogP contribution in [0.4, 0.5) is 11.5 Å². The summed E-state index contributed by atoms with van der Waals surface area (Å²) in [6, 6.07) is 19.5. The van der Waals surface area contributed by atoms with Crippen LogP contribution in [0.1, 0.15) is 51.0 Å². The number of amides is 1. The maximum Gasteiger partial charge on any atom is 0.262 e. The van der Waals surface area contributed by atoms with Crippen molar-refractivity contribution in [2.45, 2.75) is 45.4 Å². The molecule has 1 aliphatic rings. The molecule has 0 unspecified atom stereocenters. The van der Waals surface area contributed by atoms with Crippen LogP contribution in [0.25, 0.3) is 11.3 Å². The minimum atomic E-state index is -0.197. The Labute approximate surface area is 196 Å². The van der Waals surface area contributed by atoms with Gasteiger partial charge in [-0.1, -0.05) is 51.0 Å². The van der Waals surface area contributed by atoms with Crippen molar-refractivity contribution >= 4 is 17.4 Å². The summed E-state index contributed by atoms with van der Waals surface area (Å²) in [6.45, 7) is 6.36. The molecule has 6 heteroatoms. The number of nitrogens with one attached hydrogen (secondary N) is 1. The van der Waals surface area contributed by atoms with Gasteiger partial charge in [-0.05, 0) is 60.7 Å². The van der Waals surface area contributed by atoms with Gasteiger partial charge in [-0.2, -0.15) is 0 Å². The fourth-order valence-corrected chi connectivity index (χ4v) is 3.97. The molecule has 2 aromatic carbocycles. The second-order valence-corrected chi connectivity index (χ2v) is 8.82. The number of ether oxygens (including phenoxy) is 1. The van der Waals surface area contributed by atoms with Crippen LogP contribution in [0.2, 0.25) is 0 Å². The quantitative estimate of drug-likeness (QED) is 0.509. The zero-order valence-corrected chi connectivity index (χ0v) is 19.5. The van der Waals surface area contributed by atoms with E-state index in [0.29, 0.717) is 11.7 Å². The number of benzene rings is 2. The van der Waals surface area contributed by atoms with Crippen molar-refractivity contribution in [2.75, 3.05) is 29.9 Å². The molecule has 1 amide bonds. The molecule has 1 fully saturated rings. The van der Waals surface area contributed by atoms with E-state index < -0.39 is 0 Å². The van der Waals surface area contributed by atoms with Crippen LogP contribution in [0.3, 0.4) is 0 Å². The van der Waals surface area contributed by atoms with Crippen molar-refractivity contribution in [3.8, 4) is 17.0 Å². The van der Waals surface area contributed by atoms with Crippen LogP contribution in [0, 0.1) is 0 Å². The SMILES string of the molecule is CC(C)c1ccc(OCC(=O)Nc2ccc(-c3ccc(N4CCCCCC4)nn3)cc2)cc1. The van der Waals surface area contributed by atoms with Gasteiger partial charge >= 0.3 is 0 Å². The summed E-state index contributed by atoms with van der Waals surface area (Å²) in [7, 11) is 0. The van der Waals surface area contributed by atoms with E-state index in [-0.39, 0.29) is 12.5 Å². The van der Waals surface area contributed by atoms with Gasteiger partial charge < -0.3 is 15.0 Å². The summed E-state index contributed by atoms with van der Waals surface area (Å²) in [5.41, 5.74) is 3.74. The Morgan fingerprint density at radius 2 is 1.61 bits per heavy atom. The summed E-state index contributed by atoms with van der Waals surface area (Å²) in [6.07, 6.45) is 5.02. The third-order valence-corrected chi connectivity index (χ3v) is 5.96. The summed E-state index contributed by atoms with van der Waals surface area (Å²) in [5, 5.41) is 11.7. The molecule has 1 aliphatic heterocycles. The molecule has 6 nitrogen and oxygen atoms in total. The molecule has 2 heterocycles. The average Bonchev–Trinajstić information content (AvgIpc) is 3.13. The lowest BCUT2D eigenvalue weighted by atomic mass is 10.0. The highest BCUT2D eigenvalue weighted by Crippen LogP contribution is 2.23. The van der Waals surface area contributed by atoms with E-state index in [0.717, 1.165) is 35.9 Å². The van der Waals surface area contributed by atoms with Crippen LogP contribution in [-0.2, 0) is 4.79 Å². The number of rotatable bonds is 7. The Hall–Kier alpha value is -3.41. The van der Waals surface area contributed by atoms with E-state index >= 15 is 0 Å².